The van der Waals surface area contributed by atoms with Crippen LogP contribution in [0.2, 0.25) is 0 Å². The van der Waals surface area contributed by atoms with Crippen LogP contribution in [-0.4, -0.2) is 59.8 Å². The zero-order chi connectivity index (χ0) is 19.9. The van der Waals surface area contributed by atoms with Crippen LogP contribution < -0.4 is 0 Å². The van der Waals surface area contributed by atoms with E-state index in [0.29, 0.717) is 32.5 Å². The summed E-state index contributed by atoms with van der Waals surface area (Å²) in [5.41, 5.74) is 0.907. The molecule has 0 spiro atoms. The zero-order valence-electron chi connectivity index (χ0n) is 15.6. The molecule has 3 rings (SSSR count). The number of amides is 1. The Morgan fingerprint density at radius 2 is 1.96 bits per heavy atom. The van der Waals surface area contributed by atoms with Crippen LogP contribution in [0.5, 0.6) is 0 Å². The predicted molar refractivity (Wildman–Crippen MR) is 107 cm³/mol. The highest BCUT2D eigenvalue weighted by Crippen LogP contribution is 2.29. The molecule has 1 aromatic heterocycles. The minimum atomic E-state index is -0.445. The number of para-hydroxylation sites is 1. The highest BCUT2D eigenvalue weighted by molar-refractivity contribution is 8.01. The first kappa shape index (κ1) is 20.6. The first-order valence-corrected chi connectivity index (χ1v) is 11.0. The summed E-state index contributed by atoms with van der Waals surface area (Å²) >= 11 is 2.83. The van der Waals surface area contributed by atoms with E-state index < -0.39 is 5.97 Å². The van der Waals surface area contributed by atoms with Crippen LogP contribution in [-0.2, 0) is 23.9 Å². The molecule has 150 valence electrons. The summed E-state index contributed by atoms with van der Waals surface area (Å²) in [5, 5.41) is 0. The number of piperidine rings is 1. The lowest BCUT2D eigenvalue weighted by molar-refractivity contribution is -0.153. The Labute approximate surface area is 171 Å². The van der Waals surface area contributed by atoms with Gasteiger partial charge in [-0.1, -0.05) is 23.9 Å². The number of carbonyl (C=O) groups is 3. The number of carbonyl (C=O) groups excluding carboxylic acids is 3. The van der Waals surface area contributed by atoms with Gasteiger partial charge >= 0.3 is 11.9 Å². The third-order valence-electron chi connectivity index (χ3n) is 4.41. The molecule has 9 heteroatoms. The minimum absolute atomic E-state index is 0.109. The monoisotopic (exact) mass is 422 g/mol. The van der Waals surface area contributed by atoms with E-state index in [9.17, 15) is 14.4 Å². The van der Waals surface area contributed by atoms with Crippen LogP contribution in [0.4, 0.5) is 0 Å². The fraction of sp³-hybridized carbons (Fsp3) is 0.474. The summed E-state index contributed by atoms with van der Waals surface area (Å²) in [4.78, 5) is 42.0. The van der Waals surface area contributed by atoms with Gasteiger partial charge in [-0.2, -0.15) is 0 Å². The summed E-state index contributed by atoms with van der Waals surface area (Å²) in [5.74, 6) is -0.929. The fourth-order valence-corrected chi connectivity index (χ4v) is 4.80. The topological polar surface area (TPSA) is 85.8 Å². The van der Waals surface area contributed by atoms with Crippen LogP contribution in [0.3, 0.4) is 0 Å². The van der Waals surface area contributed by atoms with E-state index in [1.165, 1.54) is 23.1 Å². The van der Waals surface area contributed by atoms with E-state index in [-0.39, 0.29) is 30.2 Å². The van der Waals surface area contributed by atoms with Crippen molar-refractivity contribution in [3.05, 3.63) is 24.3 Å². The average molecular weight is 423 g/mol. The van der Waals surface area contributed by atoms with Crippen molar-refractivity contribution in [1.29, 1.82) is 0 Å². The second kappa shape index (κ2) is 9.88. The van der Waals surface area contributed by atoms with Gasteiger partial charge in [0.05, 0.1) is 28.5 Å². The minimum Gasteiger partial charge on any atom is -0.466 e. The number of hydrogen-bond acceptors (Lipinski definition) is 8. The third kappa shape index (κ3) is 5.45. The van der Waals surface area contributed by atoms with Gasteiger partial charge in [-0.25, -0.2) is 4.98 Å². The SMILES string of the molecule is CCOC(=O)C1CCN(C(=O)COC(=O)CSc2nc3ccccc3s2)CC1. The Bertz CT molecular complexity index is 813. The van der Waals surface area contributed by atoms with Gasteiger partial charge < -0.3 is 14.4 Å². The number of benzene rings is 1. The quantitative estimate of drug-likeness (QED) is 0.501. The molecule has 28 heavy (non-hydrogen) atoms. The molecular formula is C19H22N2O5S2. The Hall–Kier alpha value is -2.13. The summed E-state index contributed by atoms with van der Waals surface area (Å²) in [7, 11) is 0. The maximum absolute atomic E-state index is 12.2. The average Bonchev–Trinajstić information content (AvgIpc) is 3.14. The Balaban J connectivity index is 1.37. The Morgan fingerprint density at radius 1 is 1.21 bits per heavy atom. The van der Waals surface area contributed by atoms with Gasteiger partial charge in [-0.3, -0.25) is 14.4 Å². The molecule has 0 aliphatic carbocycles. The molecule has 1 aliphatic heterocycles. The second-order valence-electron chi connectivity index (χ2n) is 6.30. The van der Waals surface area contributed by atoms with Crippen molar-refractivity contribution in [2.45, 2.75) is 24.1 Å². The van der Waals surface area contributed by atoms with Crippen molar-refractivity contribution in [3.8, 4) is 0 Å². The van der Waals surface area contributed by atoms with Crippen LogP contribution >= 0.6 is 23.1 Å². The summed E-state index contributed by atoms with van der Waals surface area (Å²) in [6.45, 7) is 2.81. The first-order valence-electron chi connectivity index (χ1n) is 9.15. The van der Waals surface area contributed by atoms with E-state index >= 15 is 0 Å². The molecule has 2 aromatic rings. The lowest BCUT2D eigenvalue weighted by Crippen LogP contribution is -2.42. The Kier molecular flexibility index (Phi) is 7.27. The van der Waals surface area contributed by atoms with Crippen molar-refractivity contribution in [3.63, 3.8) is 0 Å². The van der Waals surface area contributed by atoms with Gasteiger partial charge in [0.15, 0.2) is 10.9 Å². The number of rotatable bonds is 7. The van der Waals surface area contributed by atoms with Gasteiger partial charge in [0.25, 0.3) is 5.91 Å². The largest absolute Gasteiger partial charge is 0.466 e. The van der Waals surface area contributed by atoms with Gasteiger partial charge in [0.1, 0.15) is 0 Å². The maximum atomic E-state index is 12.2. The number of aromatic nitrogens is 1. The molecule has 0 unspecified atom stereocenters. The summed E-state index contributed by atoms with van der Waals surface area (Å²) in [6, 6.07) is 7.79. The highest BCUT2D eigenvalue weighted by Gasteiger charge is 2.28. The van der Waals surface area contributed by atoms with Crippen molar-refractivity contribution in [1.82, 2.24) is 9.88 Å². The van der Waals surface area contributed by atoms with Gasteiger partial charge in [-0.15, -0.1) is 11.3 Å². The molecule has 0 N–H and O–H groups in total. The van der Waals surface area contributed by atoms with E-state index in [1.807, 2.05) is 24.3 Å². The number of esters is 2. The molecule has 1 fully saturated rings. The number of fused-ring (bicyclic) bond motifs is 1. The number of hydrogen-bond donors (Lipinski definition) is 0. The molecule has 0 saturated carbocycles. The molecule has 0 radical (unpaired) electrons. The number of thioether (sulfide) groups is 1. The highest BCUT2D eigenvalue weighted by atomic mass is 32.2. The zero-order valence-corrected chi connectivity index (χ0v) is 17.2. The molecule has 0 bridgehead atoms. The Morgan fingerprint density at radius 3 is 2.68 bits per heavy atom. The molecule has 1 aliphatic rings. The lowest BCUT2D eigenvalue weighted by Gasteiger charge is -2.30. The summed E-state index contributed by atoms with van der Waals surface area (Å²) < 4.78 is 12.0. The molecule has 1 amide bonds. The normalized spacial score (nSPS) is 14.8. The molecule has 2 heterocycles. The van der Waals surface area contributed by atoms with Crippen LogP contribution in [0.1, 0.15) is 19.8 Å². The van der Waals surface area contributed by atoms with Crippen molar-refractivity contribution in [2.75, 3.05) is 32.1 Å². The third-order valence-corrected chi connectivity index (χ3v) is 6.56. The fourth-order valence-electron chi connectivity index (χ4n) is 2.93. The van der Waals surface area contributed by atoms with E-state index in [0.717, 1.165) is 14.6 Å². The number of thiazole rings is 1. The van der Waals surface area contributed by atoms with E-state index in [4.69, 9.17) is 9.47 Å². The molecule has 1 saturated heterocycles. The molecule has 7 nitrogen and oxygen atoms in total. The molecular weight excluding hydrogens is 400 g/mol. The first-order chi connectivity index (χ1) is 13.6. The number of nitrogens with zero attached hydrogens (tertiary/aromatic N) is 2. The van der Waals surface area contributed by atoms with Crippen LogP contribution in [0.15, 0.2) is 28.6 Å². The van der Waals surface area contributed by atoms with Crippen LogP contribution in [0, 0.1) is 5.92 Å². The van der Waals surface area contributed by atoms with Crippen molar-refractivity contribution >= 4 is 51.2 Å². The van der Waals surface area contributed by atoms with Gasteiger partial charge in [0, 0.05) is 13.1 Å². The summed E-state index contributed by atoms with van der Waals surface area (Å²) in [6.07, 6.45) is 1.15. The molecule has 0 atom stereocenters. The number of likely N-dealkylation sites (tertiary alicyclic amines) is 1. The van der Waals surface area contributed by atoms with Gasteiger partial charge in [0.2, 0.25) is 0 Å². The lowest BCUT2D eigenvalue weighted by atomic mass is 9.97. The maximum Gasteiger partial charge on any atom is 0.316 e. The smallest absolute Gasteiger partial charge is 0.316 e. The van der Waals surface area contributed by atoms with Gasteiger partial charge in [-0.05, 0) is 31.9 Å². The van der Waals surface area contributed by atoms with Crippen LogP contribution in [0.25, 0.3) is 10.2 Å². The predicted octanol–water partition coefficient (Wildman–Crippen LogP) is 2.73. The number of ether oxygens (including phenoxy) is 2. The van der Waals surface area contributed by atoms with E-state index in [2.05, 4.69) is 4.98 Å². The second-order valence-corrected chi connectivity index (χ2v) is 8.56. The molecule has 1 aromatic carbocycles. The van der Waals surface area contributed by atoms with Crippen molar-refractivity contribution in [2.24, 2.45) is 5.92 Å². The van der Waals surface area contributed by atoms with E-state index in [1.54, 1.807) is 11.8 Å². The van der Waals surface area contributed by atoms with Crippen molar-refractivity contribution < 1.29 is 23.9 Å². The standard InChI is InChI=1S/C19H22N2O5S2/c1-2-25-18(24)13-7-9-21(10-8-13)16(22)11-26-17(23)12-27-19-20-14-5-3-4-6-15(14)28-19/h3-6,13H,2,7-12H2,1H3.